The molecule has 0 radical (unpaired) electrons. The number of ether oxygens (including phenoxy) is 12. The van der Waals surface area contributed by atoms with E-state index in [2.05, 4.69) is 0 Å². The maximum absolute atomic E-state index is 14.5. The van der Waals surface area contributed by atoms with Gasteiger partial charge in [0.1, 0.15) is 68.1 Å². The second-order valence-corrected chi connectivity index (χ2v) is 26.7. The summed E-state index contributed by atoms with van der Waals surface area (Å²) in [5, 5.41) is 35.3. The number of carbonyl (C=O) groups excluding carboxylic acids is 6. The predicted molar refractivity (Wildman–Crippen MR) is 296 cm³/mol. The number of benzene rings is 3. The van der Waals surface area contributed by atoms with Crippen LogP contribution in [0.3, 0.4) is 0 Å². The Labute approximate surface area is 487 Å². The first-order valence-electron chi connectivity index (χ1n) is 26.6. The van der Waals surface area contributed by atoms with E-state index in [1.165, 1.54) is 36.4 Å². The zero-order valence-electron chi connectivity index (χ0n) is 50.9. The Morgan fingerprint density at radius 1 is 0.298 bits per heavy atom. The summed E-state index contributed by atoms with van der Waals surface area (Å²) in [4.78, 5) is 122. The van der Waals surface area contributed by atoms with Crippen molar-refractivity contribution in [1.82, 2.24) is 0 Å². The van der Waals surface area contributed by atoms with Gasteiger partial charge in [-0.05, 0) is 216 Å². The summed E-state index contributed by atoms with van der Waals surface area (Å²) in [7, 11) is 0. The van der Waals surface area contributed by atoms with Crippen LogP contribution in [0.2, 0.25) is 0 Å². The van der Waals surface area contributed by atoms with Crippen LogP contribution in [0.1, 0.15) is 161 Å². The molecule has 3 N–H and O–H groups in total. The Kier molecular flexibility index (Phi) is 20.5. The van der Waals surface area contributed by atoms with Crippen molar-refractivity contribution in [2.24, 2.45) is 16.2 Å². The molecular weight excluding hydrogens is 1100 g/mol. The number of carbonyl (C=O) groups is 9. The number of aliphatic carboxylic acids is 3. The average molecular weight is 1180 g/mol. The first-order chi connectivity index (χ1) is 38.0. The first kappa shape index (κ1) is 68.2. The van der Waals surface area contributed by atoms with E-state index in [4.69, 9.17) is 56.8 Å². The highest BCUT2D eigenvalue weighted by molar-refractivity contribution is 5.85. The van der Waals surface area contributed by atoms with E-state index >= 15 is 0 Å². The molecule has 0 heterocycles. The number of hydrogen-bond donors (Lipinski definition) is 3. The molecule has 0 spiro atoms. The molecule has 84 heavy (non-hydrogen) atoms. The van der Waals surface area contributed by atoms with Gasteiger partial charge in [-0.15, -0.1) is 0 Å². The maximum atomic E-state index is 14.5. The standard InChI is InChI=1S/C60H78O24/c1-52(2,3)79-46(67)73-37-19-34(20-38(25-37)74-47(68)80-53(4,5)6)28-58(43(61)62)31-59(44(63)64,29-35-21-39(75-48(69)81-54(7,8)9)26-40(22-35)76-49(70)82-55(10,11)12)33-60(32-58,45(65)66)30-36-23-41(77-50(71)83-56(13,14)15)27-42(24-36)78-51(72)84-57(16,17)18/h19-27H,28-33H2,1-18H3,(H,61,62)(H,63,64)(H,65,66). The van der Waals surface area contributed by atoms with E-state index in [9.17, 15) is 58.5 Å². The van der Waals surface area contributed by atoms with E-state index in [1.807, 2.05) is 0 Å². The van der Waals surface area contributed by atoms with E-state index in [0.717, 1.165) is 18.2 Å². The van der Waals surface area contributed by atoms with Gasteiger partial charge in [0.15, 0.2) is 0 Å². The lowest BCUT2D eigenvalue weighted by atomic mass is 9.49. The molecule has 3 aromatic carbocycles. The maximum Gasteiger partial charge on any atom is 0.514 e. The van der Waals surface area contributed by atoms with Crippen LogP contribution in [0.4, 0.5) is 28.8 Å². The second kappa shape index (κ2) is 25.3. The minimum Gasteiger partial charge on any atom is -0.481 e. The Morgan fingerprint density at radius 2 is 0.440 bits per heavy atom. The third-order valence-electron chi connectivity index (χ3n) is 11.4. The third-order valence-corrected chi connectivity index (χ3v) is 11.4. The molecule has 462 valence electrons. The smallest absolute Gasteiger partial charge is 0.481 e. The molecule has 1 saturated carbocycles. The molecule has 1 fully saturated rings. The van der Waals surface area contributed by atoms with Crippen molar-refractivity contribution in [1.29, 1.82) is 0 Å². The average Bonchev–Trinajstić information content (AvgIpc) is 1.59. The van der Waals surface area contributed by atoms with Gasteiger partial charge in [0.05, 0.1) is 16.2 Å². The summed E-state index contributed by atoms with van der Waals surface area (Å²) in [5.41, 5.74) is -14.2. The summed E-state index contributed by atoms with van der Waals surface area (Å²) >= 11 is 0. The summed E-state index contributed by atoms with van der Waals surface area (Å²) < 4.78 is 65.1. The van der Waals surface area contributed by atoms with E-state index in [0.29, 0.717) is 0 Å². The highest BCUT2D eigenvalue weighted by Gasteiger charge is 2.63. The van der Waals surface area contributed by atoms with Crippen molar-refractivity contribution in [2.75, 3.05) is 0 Å². The molecule has 0 aromatic heterocycles. The zero-order valence-corrected chi connectivity index (χ0v) is 50.9. The summed E-state index contributed by atoms with van der Waals surface area (Å²) in [6, 6.07) is 10.4. The van der Waals surface area contributed by atoms with Crippen molar-refractivity contribution in [2.45, 2.75) is 197 Å². The summed E-state index contributed by atoms with van der Waals surface area (Å²) in [5.74, 6) is -7.31. The summed E-state index contributed by atoms with van der Waals surface area (Å²) in [6.07, 6.45) is -12.4. The van der Waals surface area contributed by atoms with Crippen LogP contribution >= 0.6 is 0 Å². The van der Waals surface area contributed by atoms with E-state index < -0.39 is 143 Å². The van der Waals surface area contributed by atoms with Crippen LogP contribution in [-0.4, -0.2) is 104 Å². The molecule has 4 rings (SSSR count). The second-order valence-electron chi connectivity index (χ2n) is 26.7. The van der Waals surface area contributed by atoms with Crippen LogP contribution in [0.15, 0.2) is 54.6 Å². The summed E-state index contributed by atoms with van der Waals surface area (Å²) in [6.45, 7) is 28.1. The number of rotatable bonds is 15. The number of hydrogen-bond acceptors (Lipinski definition) is 21. The highest BCUT2D eigenvalue weighted by atomic mass is 16.8. The van der Waals surface area contributed by atoms with Crippen LogP contribution in [0.25, 0.3) is 0 Å². The molecule has 0 atom stereocenters. The van der Waals surface area contributed by atoms with Gasteiger partial charge in [-0.2, -0.15) is 0 Å². The van der Waals surface area contributed by atoms with Gasteiger partial charge in [0, 0.05) is 18.2 Å². The SMILES string of the molecule is CC(C)(C)OC(=O)Oc1cc(CC2(C(=O)O)CC(Cc3cc(OC(=O)OC(C)(C)C)cc(OC(=O)OC(C)(C)C)c3)(C(=O)O)CC(Cc3cc(OC(=O)OC(C)(C)C)cc(OC(=O)OC(C)(C)C)c3)(C(=O)O)C2)cc(OC(=O)OC(C)(C)C)c1. The molecule has 0 bridgehead atoms. The van der Waals surface area contributed by atoms with Crippen molar-refractivity contribution in [3.05, 3.63) is 71.3 Å². The topological polar surface area (TPSA) is 325 Å². The molecule has 0 aliphatic heterocycles. The van der Waals surface area contributed by atoms with E-state index in [-0.39, 0.29) is 51.2 Å². The van der Waals surface area contributed by atoms with Crippen molar-refractivity contribution in [3.8, 4) is 34.5 Å². The van der Waals surface area contributed by atoms with Crippen LogP contribution in [-0.2, 0) is 62.1 Å². The Balaban J connectivity index is 2.12. The molecular formula is C60H78O24. The van der Waals surface area contributed by atoms with Crippen LogP contribution < -0.4 is 28.4 Å². The largest absolute Gasteiger partial charge is 0.514 e. The Hall–Kier alpha value is -8.31. The Morgan fingerprint density at radius 3 is 0.560 bits per heavy atom. The number of carboxylic acids is 3. The van der Waals surface area contributed by atoms with Crippen molar-refractivity contribution < 1.29 is 115 Å². The lowest BCUT2D eigenvalue weighted by molar-refractivity contribution is -0.179. The van der Waals surface area contributed by atoms with Gasteiger partial charge in [0.2, 0.25) is 0 Å². The van der Waals surface area contributed by atoms with Gasteiger partial charge in [-0.25, -0.2) is 28.8 Å². The molecule has 0 amide bonds. The fourth-order valence-electron chi connectivity index (χ4n) is 9.11. The van der Waals surface area contributed by atoms with Gasteiger partial charge >= 0.3 is 54.8 Å². The molecule has 24 heteroatoms. The molecule has 0 saturated heterocycles. The quantitative estimate of drug-likeness (QED) is 0.0723. The molecule has 0 unspecified atom stereocenters. The zero-order chi connectivity index (χ0) is 64.0. The monoisotopic (exact) mass is 1180 g/mol. The van der Waals surface area contributed by atoms with Gasteiger partial charge in [-0.1, -0.05) is 0 Å². The molecule has 3 aromatic rings. The molecule has 1 aliphatic carbocycles. The fourth-order valence-corrected chi connectivity index (χ4v) is 9.11. The highest BCUT2D eigenvalue weighted by Crippen LogP contribution is 2.59. The molecule has 24 nitrogen and oxygen atoms in total. The van der Waals surface area contributed by atoms with Gasteiger partial charge in [0.25, 0.3) is 0 Å². The van der Waals surface area contributed by atoms with Gasteiger partial charge in [-0.3, -0.25) is 14.4 Å². The van der Waals surface area contributed by atoms with Crippen LogP contribution in [0, 0.1) is 16.2 Å². The van der Waals surface area contributed by atoms with Crippen LogP contribution in [0.5, 0.6) is 34.5 Å². The lowest BCUT2D eigenvalue weighted by Crippen LogP contribution is -2.57. The minimum absolute atomic E-state index is 0.0981. The minimum atomic E-state index is -2.50. The van der Waals surface area contributed by atoms with E-state index in [1.54, 1.807) is 125 Å². The predicted octanol–water partition coefficient (Wildman–Crippen LogP) is 13.0. The first-order valence-corrected chi connectivity index (χ1v) is 26.6. The van der Waals surface area contributed by atoms with Gasteiger partial charge < -0.3 is 72.2 Å². The Bertz CT molecular complexity index is 2510. The van der Waals surface area contributed by atoms with Crippen molar-refractivity contribution >= 4 is 54.8 Å². The molecule has 1 aliphatic rings. The third kappa shape index (κ3) is 22.1. The number of carboxylic acid groups (broad SMARTS) is 3. The van der Waals surface area contributed by atoms with Crippen molar-refractivity contribution in [3.63, 3.8) is 0 Å². The lowest BCUT2D eigenvalue weighted by Gasteiger charge is -2.51. The normalized spacial score (nSPS) is 18.4. The fraction of sp³-hybridized carbons (Fsp3) is 0.550.